The smallest absolute Gasteiger partial charge is 0.341 e. The largest absolute Gasteiger partial charge is 0.480 e. The van der Waals surface area contributed by atoms with E-state index in [0.29, 0.717) is 13.1 Å². The lowest BCUT2D eigenvalue weighted by Gasteiger charge is -2.46. The first-order valence-electron chi connectivity index (χ1n) is 13.9. The number of nitrogens with one attached hydrogen (secondary N) is 1. The summed E-state index contributed by atoms with van der Waals surface area (Å²) < 4.78 is 47.1. The highest BCUT2D eigenvalue weighted by atomic mass is 32.2. The fraction of sp³-hybridized carbons (Fsp3) is 0.429. The number of rotatable bonds is 10. The Balaban J connectivity index is 1.62. The number of carboxylic acids is 1. The third-order valence-corrected chi connectivity index (χ3v) is 9.26. The topological polar surface area (TPSA) is 187 Å². The highest BCUT2D eigenvalue weighted by molar-refractivity contribution is 7.89. The van der Waals surface area contributed by atoms with E-state index in [2.05, 4.69) is 9.71 Å². The van der Waals surface area contributed by atoms with Crippen molar-refractivity contribution in [3.05, 3.63) is 54.6 Å². The van der Waals surface area contributed by atoms with Gasteiger partial charge in [-0.1, -0.05) is 0 Å². The number of hydrogen-bond acceptors (Lipinski definition) is 10. The van der Waals surface area contributed by atoms with Crippen molar-refractivity contribution in [1.29, 1.82) is 0 Å². The molecule has 0 radical (unpaired) electrons. The summed E-state index contributed by atoms with van der Waals surface area (Å²) in [6.07, 6.45) is 2.62. The summed E-state index contributed by atoms with van der Waals surface area (Å²) in [6.45, 7) is 1.10. The lowest BCUT2D eigenvalue weighted by atomic mass is 9.93. The van der Waals surface area contributed by atoms with Gasteiger partial charge in [-0.25, -0.2) is 17.6 Å². The van der Waals surface area contributed by atoms with Crippen molar-refractivity contribution in [3.8, 4) is 0 Å². The Bertz CT molecular complexity index is 1550. The summed E-state index contributed by atoms with van der Waals surface area (Å²) in [6, 6.07) is 5.63. The molecule has 2 unspecified atom stereocenters. The van der Waals surface area contributed by atoms with E-state index in [9.17, 15) is 41.9 Å². The van der Waals surface area contributed by atoms with E-state index < -0.39 is 74.9 Å². The monoisotopic (exact) mass is 648 g/mol. The van der Waals surface area contributed by atoms with Gasteiger partial charge in [0.05, 0.1) is 18.4 Å². The molecule has 2 fully saturated rings. The average molecular weight is 649 g/mol. The number of hydrogen-bond donors (Lipinski definition) is 2. The van der Waals surface area contributed by atoms with Gasteiger partial charge in [0.15, 0.2) is 0 Å². The van der Waals surface area contributed by atoms with Crippen molar-refractivity contribution < 1.29 is 46.6 Å². The van der Waals surface area contributed by atoms with Crippen LogP contribution in [0.5, 0.6) is 0 Å². The van der Waals surface area contributed by atoms with Crippen LogP contribution in [-0.2, 0) is 38.7 Å². The number of carboxylic acid groups (broad SMARTS) is 1. The zero-order valence-electron chi connectivity index (χ0n) is 24.6. The Kier molecular flexibility index (Phi) is 10.0. The maximum Gasteiger partial charge on any atom is 0.341 e. The molecule has 242 valence electrons. The zero-order chi connectivity index (χ0) is 32.9. The van der Waals surface area contributed by atoms with E-state index in [0.717, 1.165) is 53.8 Å². The predicted octanol–water partition coefficient (Wildman–Crippen LogP) is -0.706. The van der Waals surface area contributed by atoms with E-state index in [1.165, 1.54) is 4.90 Å². The highest BCUT2D eigenvalue weighted by Crippen LogP contribution is 2.27. The average Bonchev–Trinajstić information content (AvgIpc) is 3.02. The molecule has 3 heterocycles. The van der Waals surface area contributed by atoms with Crippen molar-refractivity contribution in [2.24, 2.45) is 0 Å². The van der Waals surface area contributed by atoms with E-state index in [4.69, 9.17) is 4.74 Å². The van der Waals surface area contributed by atoms with Crippen LogP contribution in [0.15, 0.2) is 53.7 Å². The van der Waals surface area contributed by atoms with Crippen molar-refractivity contribution >= 4 is 45.4 Å². The van der Waals surface area contributed by atoms with Gasteiger partial charge in [-0.15, -0.1) is 0 Å². The lowest BCUT2D eigenvalue weighted by molar-refractivity contribution is -0.177. The molecule has 2 aliphatic rings. The number of halogens is 1. The number of amides is 3. The number of methoxy groups -OCH3 is 1. The minimum atomic E-state index is -4.52. The molecule has 0 saturated carbocycles. The second-order valence-electron chi connectivity index (χ2n) is 10.6. The molecule has 0 bridgehead atoms. The zero-order valence-corrected chi connectivity index (χ0v) is 25.4. The molecule has 2 aliphatic heterocycles. The molecule has 1 aromatic carbocycles. The first-order chi connectivity index (χ1) is 21.3. The molecule has 0 aliphatic carbocycles. The minimum absolute atomic E-state index is 0.263. The van der Waals surface area contributed by atoms with Gasteiger partial charge in [0.1, 0.15) is 18.4 Å². The quantitative estimate of drug-likeness (QED) is 0.245. The summed E-state index contributed by atoms with van der Waals surface area (Å²) in [5, 5.41) is 9.23. The molecule has 2 aromatic rings. The van der Waals surface area contributed by atoms with Crippen LogP contribution in [0.1, 0.15) is 13.3 Å². The minimum Gasteiger partial charge on any atom is -0.480 e. The predicted molar refractivity (Wildman–Crippen MR) is 155 cm³/mol. The number of ether oxygens (including phenoxy) is 1. The number of anilines is 1. The van der Waals surface area contributed by atoms with Crippen LogP contribution in [0.3, 0.4) is 0 Å². The van der Waals surface area contributed by atoms with Crippen molar-refractivity contribution in [1.82, 2.24) is 24.4 Å². The molecule has 0 spiro atoms. The molecule has 2 N–H and O–H groups in total. The van der Waals surface area contributed by atoms with E-state index in [-0.39, 0.29) is 26.2 Å². The van der Waals surface area contributed by atoms with Gasteiger partial charge < -0.3 is 29.4 Å². The van der Waals surface area contributed by atoms with Crippen LogP contribution < -0.4 is 9.62 Å². The van der Waals surface area contributed by atoms with E-state index >= 15 is 0 Å². The number of esters is 1. The van der Waals surface area contributed by atoms with Gasteiger partial charge in [-0.3, -0.25) is 24.2 Å². The maximum atomic E-state index is 14.1. The van der Waals surface area contributed by atoms with Gasteiger partial charge >= 0.3 is 11.9 Å². The number of pyridine rings is 1. The van der Waals surface area contributed by atoms with Crippen LogP contribution in [0.4, 0.5) is 10.1 Å². The molecular weight excluding hydrogens is 615 g/mol. The van der Waals surface area contributed by atoms with Crippen LogP contribution in [0.25, 0.3) is 0 Å². The fourth-order valence-corrected chi connectivity index (χ4v) is 6.51. The third kappa shape index (κ3) is 7.20. The number of benzene rings is 1. The second kappa shape index (κ2) is 13.6. The second-order valence-corrected chi connectivity index (χ2v) is 12.3. The third-order valence-electron chi connectivity index (χ3n) is 7.77. The molecule has 45 heavy (non-hydrogen) atoms. The van der Waals surface area contributed by atoms with Gasteiger partial charge in [0.2, 0.25) is 27.4 Å². The molecule has 1 aromatic heterocycles. The molecule has 3 amide bonds. The summed E-state index contributed by atoms with van der Waals surface area (Å²) >= 11 is 0. The summed E-state index contributed by atoms with van der Waals surface area (Å²) in [5.74, 6) is -5.94. The molecule has 2 atom stereocenters. The Morgan fingerprint density at radius 2 is 1.64 bits per heavy atom. The van der Waals surface area contributed by atoms with Gasteiger partial charge in [-0.2, -0.15) is 4.72 Å². The fourth-order valence-electron chi connectivity index (χ4n) is 5.32. The Morgan fingerprint density at radius 3 is 2.22 bits per heavy atom. The number of carbonyl (C=O) groups is 5. The van der Waals surface area contributed by atoms with Gasteiger partial charge in [-0.05, 0) is 43.3 Å². The number of aliphatic carboxylic acids is 1. The van der Waals surface area contributed by atoms with Crippen LogP contribution in [0, 0.1) is 5.82 Å². The number of piperazine rings is 2. The normalized spacial score (nSPS) is 19.7. The number of aromatic nitrogens is 1. The van der Waals surface area contributed by atoms with E-state index in [1.54, 1.807) is 12.4 Å². The number of carbonyl (C=O) groups excluding carboxylic acids is 4. The Labute approximate surface area is 258 Å². The van der Waals surface area contributed by atoms with Crippen LogP contribution in [-0.4, -0.2) is 127 Å². The van der Waals surface area contributed by atoms with Gasteiger partial charge in [0, 0.05) is 57.3 Å². The Hall–Kier alpha value is -4.64. The Morgan fingerprint density at radius 1 is 1.02 bits per heavy atom. The maximum absolute atomic E-state index is 14.1. The first-order valence-corrected chi connectivity index (χ1v) is 15.4. The van der Waals surface area contributed by atoms with E-state index in [1.807, 2.05) is 17.0 Å². The molecule has 4 rings (SSSR count). The molecule has 15 nitrogen and oxygen atoms in total. The standard InChI is InChI=1S/C28H33FN6O9S/c1-28(27(41)44-2)26(40)34(18-24(37)38)15-16-35(28)25(39)22(31-45(42,43)21-5-3-19(29)4-6-21)17-23(36)33-13-11-32(12-14-33)20-7-9-30-10-8-20/h3-10,22,31H,11-18H2,1-2H3,(H,37,38). The van der Waals surface area contributed by atoms with Crippen LogP contribution >= 0.6 is 0 Å². The summed E-state index contributed by atoms with van der Waals surface area (Å²) in [4.78, 5) is 74.0. The summed E-state index contributed by atoms with van der Waals surface area (Å²) in [5.41, 5.74) is -1.45. The molecule has 2 saturated heterocycles. The first kappa shape index (κ1) is 33.3. The van der Waals surface area contributed by atoms with Crippen molar-refractivity contribution in [2.45, 2.75) is 29.8 Å². The number of nitrogens with zero attached hydrogens (tertiary/aromatic N) is 5. The summed E-state index contributed by atoms with van der Waals surface area (Å²) in [7, 11) is -3.55. The lowest BCUT2D eigenvalue weighted by Crippen LogP contribution is -2.72. The van der Waals surface area contributed by atoms with Crippen molar-refractivity contribution in [2.75, 3.05) is 57.8 Å². The highest BCUT2D eigenvalue weighted by Gasteiger charge is 2.56. The van der Waals surface area contributed by atoms with Gasteiger partial charge in [0.25, 0.3) is 5.91 Å². The molecular formula is C28H33FN6O9S. The van der Waals surface area contributed by atoms with Crippen molar-refractivity contribution in [3.63, 3.8) is 0 Å². The SMILES string of the molecule is COC(=O)C1(C)C(=O)N(CC(=O)O)CCN1C(=O)C(CC(=O)N1CCN(c2ccncc2)CC1)NS(=O)(=O)c1ccc(F)cc1. The van der Waals surface area contributed by atoms with Crippen LogP contribution in [0.2, 0.25) is 0 Å². The molecule has 17 heteroatoms. The number of sulfonamides is 1.